The van der Waals surface area contributed by atoms with Crippen LogP contribution in [0.4, 0.5) is 5.69 Å². The molecule has 0 spiro atoms. The number of halogens is 2. The van der Waals surface area contributed by atoms with Crippen LogP contribution in [-0.2, 0) is 14.3 Å². The molecule has 0 aromatic heterocycles. The van der Waals surface area contributed by atoms with E-state index >= 15 is 0 Å². The van der Waals surface area contributed by atoms with Crippen LogP contribution in [0, 0.1) is 0 Å². The molecule has 1 rings (SSSR count). The Morgan fingerprint density at radius 2 is 2.05 bits per heavy atom. The normalized spacial score (nSPS) is 11.8. The van der Waals surface area contributed by atoms with Crippen molar-refractivity contribution in [3.8, 4) is 0 Å². The monoisotopic (exact) mass is 332 g/mol. The smallest absolute Gasteiger partial charge is 0.322 e. The molecule has 0 radical (unpaired) electrons. The van der Waals surface area contributed by atoms with E-state index in [-0.39, 0.29) is 12.3 Å². The topological polar surface area (TPSA) is 81.4 Å². The number of anilines is 1. The highest BCUT2D eigenvalue weighted by Gasteiger charge is 2.13. The van der Waals surface area contributed by atoms with Crippen LogP contribution in [0.3, 0.4) is 0 Å². The van der Waals surface area contributed by atoms with Crippen molar-refractivity contribution in [3.63, 3.8) is 0 Å². The summed E-state index contributed by atoms with van der Waals surface area (Å²) in [5, 5.41) is 3.86. The molecule has 1 aromatic rings. The first kappa shape index (κ1) is 17.8. The summed E-state index contributed by atoms with van der Waals surface area (Å²) in [5.74, 6) is -0.436. The molecular weight excluding hydrogens is 315 g/mol. The highest BCUT2D eigenvalue weighted by molar-refractivity contribution is 6.42. The van der Waals surface area contributed by atoms with Gasteiger partial charge in [0, 0.05) is 12.1 Å². The highest BCUT2D eigenvalue weighted by atomic mass is 35.5. The lowest BCUT2D eigenvalue weighted by Crippen LogP contribution is -2.31. The van der Waals surface area contributed by atoms with Crippen LogP contribution >= 0.6 is 23.2 Å². The molecule has 1 atom stereocenters. The molecule has 5 nitrogen and oxygen atoms in total. The molecule has 1 unspecified atom stereocenters. The van der Waals surface area contributed by atoms with Crippen molar-refractivity contribution in [2.24, 2.45) is 5.73 Å². The predicted octanol–water partition coefficient (Wildman–Crippen LogP) is 2.65. The van der Waals surface area contributed by atoms with Gasteiger partial charge in [-0.15, -0.1) is 0 Å². The van der Waals surface area contributed by atoms with Gasteiger partial charge in [-0.2, -0.15) is 0 Å². The fourth-order valence-electron chi connectivity index (χ4n) is 1.68. The van der Waals surface area contributed by atoms with Crippen molar-refractivity contribution in [3.05, 3.63) is 28.2 Å². The van der Waals surface area contributed by atoms with E-state index in [1.54, 1.807) is 18.2 Å². The highest BCUT2D eigenvalue weighted by Crippen LogP contribution is 2.24. The van der Waals surface area contributed by atoms with Gasteiger partial charge in [0.1, 0.15) is 6.04 Å². The molecule has 0 aliphatic carbocycles. The summed E-state index contributed by atoms with van der Waals surface area (Å²) in [5.41, 5.74) is 6.31. The average molecular weight is 333 g/mol. The lowest BCUT2D eigenvalue weighted by atomic mass is 10.1. The number of ether oxygens (including phenoxy) is 1. The summed E-state index contributed by atoms with van der Waals surface area (Å²) in [6.45, 7) is 0.186. The second-order valence-electron chi connectivity index (χ2n) is 4.54. The molecule has 7 heteroatoms. The van der Waals surface area contributed by atoms with Crippen LogP contribution < -0.4 is 11.1 Å². The first-order valence-electron chi connectivity index (χ1n) is 6.48. The van der Waals surface area contributed by atoms with E-state index in [1.807, 2.05) is 0 Å². The van der Waals surface area contributed by atoms with Crippen LogP contribution in [0.1, 0.15) is 19.3 Å². The lowest BCUT2D eigenvalue weighted by Gasteiger charge is -2.09. The SMILES string of the molecule is COC(=O)C(N)CCCC(=O)CNc1ccc(Cl)c(Cl)c1. The fraction of sp³-hybridized carbons (Fsp3) is 0.429. The van der Waals surface area contributed by atoms with Crippen molar-refractivity contribution in [2.45, 2.75) is 25.3 Å². The van der Waals surface area contributed by atoms with Crippen LogP contribution in [0.25, 0.3) is 0 Å². The molecule has 0 aliphatic rings. The number of Topliss-reactive ketones (excluding diaryl/α,β-unsaturated/α-hetero) is 1. The number of esters is 1. The molecule has 0 saturated heterocycles. The number of hydrogen-bond donors (Lipinski definition) is 2. The number of hydrogen-bond acceptors (Lipinski definition) is 5. The van der Waals surface area contributed by atoms with Gasteiger partial charge in [-0.25, -0.2) is 0 Å². The first-order valence-corrected chi connectivity index (χ1v) is 7.23. The fourth-order valence-corrected chi connectivity index (χ4v) is 1.98. The Morgan fingerprint density at radius 1 is 1.33 bits per heavy atom. The van der Waals surface area contributed by atoms with Gasteiger partial charge in [0.25, 0.3) is 0 Å². The minimum absolute atomic E-state index is 0.0261. The van der Waals surface area contributed by atoms with Crippen LogP contribution in [-0.4, -0.2) is 31.4 Å². The van der Waals surface area contributed by atoms with E-state index < -0.39 is 12.0 Å². The quantitative estimate of drug-likeness (QED) is 0.715. The second-order valence-corrected chi connectivity index (χ2v) is 5.36. The Hall–Kier alpha value is -1.30. The zero-order valence-corrected chi connectivity index (χ0v) is 13.2. The van der Waals surface area contributed by atoms with E-state index in [9.17, 15) is 9.59 Å². The van der Waals surface area contributed by atoms with Crippen molar-refractivity contribution in [2.75, 3.05) is 19.0 Å². The molecule has 3 N–H and O–H groups in total. The summed E-state index contributed by atoms with van der Waals surface area (Å²) in [6, 6.07) is 4.39. The maximum Gasteiger partial charge on any atom is 0.322 e. The van der Waals surface area contributed by atoms with Gasteiger partial charge in [0.15, 0.2) is 5.78 Å². The zero-order valence-electron chi connectivity index (χ0n) is 11.7. The van der Waals surface area contributed by atoms with Gasteiger partial charge in [0.2, 0.25) is 0 Å². The molecular formula is C14H18Cl2N2O3. The summed E-state index contributed by atoms with van der Waals surface area (Å²) in [4.78, 5) is 22.8. The van der Waals surface area contributed by atoms with Gasteiger partial charge in [-0.05, 0) is 31.0 Å². The maximum atomic E-state index is 11.7. The molecule has 116 valence electrons. The molecule has 0 heterocycles. The Bertz CT molecular complexity index is 509. The van der Waals surface area contributed by atoms with Crippen LogP contribution in [0.2, 0.25) is 10.0 Å². The van der Waals surface area contributed by atoms with E-state index in [2.05, 4.69) is 10.1 Å². The number of nitrogens with two attached hydrogens (primary N) is 1. The van der Waals surface area contributed by atoms with Crippen molar-refractivity contribution < 1.29 is 14.3 Å². The third-order valence-electron chi connectivity index (χ3n) is 2.88. The molecule has 0 amide bonds. The van der Waals surface area contributed by atoms with Crippen molar-refractivity contribution in [1.82, 2.24) is 0 Å². The largest absolute Gasteiger partial charge is 0.468 e. The van der Waals surface area contributed by atoms with Gasteiger partial charge in [-0.1, -0.05) is 23.2 Å². The zero-order chi connectivity index (χ0) is 15.8. The maximum absolute atomic E-state index is 11.7. The summed E-state index contributed by atoms with van der Waals surface area (Å²) >= 11 is 11.7. The molecule has 0 fully saturated rings. The lowest BCUT2D eigenvalue weighted by molar-refractivity contribution is -0.142. The summed E-state index contributed by atoms with van der Waals surface area (Å²) < 4.78 is 4.51. The molecule has 0 bridgehead atoms. The third kappa shape index (κ3) is 6.33. The van der Waals surface area contributed by atoms with E-state index in [0.717, 1.165) is 5.69 Å². The van der Waals surface area contributed by atoms with E-state index in [1.165, 1.54) is 7.11 Å². The van der Waals surface area contributed by atoms with E-state index in [4.69, 9.17) is 28.9 Å². The Morgan fingerprint density at radius 3 is 2.67 bits per heavy atom. The number of ketones is 1. The minimum atomic E-state index is -0.675. The van der Waals surface area contributed by atoms with Crippen LogP contribution in [0.5, 0.6) is 0 Å². The number of benzene rings is 1. The number of carbonyl (C=O) groups excluding carboxylic acids is 2. The number of nitrogens with one attached hydrogen (secondary N) is 1. The van der Waals surface area contributed by atoms with Crippen LogP contribution in [0.15, 0.2) is 18.2 Å². The standard InChI is InChI=1S/C14H18Cl2N2O3/c1-21-14(20)13(17)4-2-3-10(19)8-18-9-5-6-11(15)12(16)7-9/h5-7,13,18H,2-4,8,17H2,1H3. The summed E-state index contributed by atoms with van der Waals surface area (Å²) in [7, 11) is 1.29. The third-order valence-corrected chi connectivity index (χ3v) is 3.62. The van der Waals surface area contributed by atoms with Crippen molar-refractivity contribution in [1.29, 1.82) is 0 Å². The van der Waals surface area contributed by atoms with Gasteiger partial charge >= 0.3 is 5.97 Å². The Labute approximate surface area is 133 Å². The van der Waals surface area contributed by atoms with Gasteiger partial charge < -0.3 is 15.8 Å². The molecule has 0 saturated carbocycles. The molecule has 1 aromatic carbocycles. The number of rotatable bonds is 8. The average Bonchev–Trinajstić information content (AvgIpc) is 2.47. The Balaban J connectivity index is 2.28. The molecule has 0 aliphatic heterocycles. The minimum Gasteiger partial charge on any atom is -0.468 e. The summed E-state index contributed by atoms with van der Waals surface area (Å²) in [6.07, 6.45) is 1.31. The second kappa shape index (κ2) is 8.87. The van der Waals surface area contributed by atoms with E-state index in [0.29, 0.717) is 29.3 Å². The first-order chi connectivity index (χ1) is 9.93. The predicted molar refractivity (Wildman–Crippen MR) is 83.8 cm³/mol. The van der Waals surface area contributed by atoms with Crippen molar-refractivity contribution >= 4 is 40.6 Å². The van der Waals surface area contributed by atoms with Gasteiger partial charge in [0.05, 0.1) is 23.7 Å². The van der Waals surface area contributed by atoms with Gasteiger partial charge in [-0.3, -0.25) is 9.59 Å². The number of carbonyl (C=O) groups is 2. The number of methoxy groups -OCH3 is 1. The molecule has 21 heavy (non-hydrogen) atoms. The Kier molecular flexibility index (Phi) is 7.50.